The zero-order chi connectivity index (χ0) is 17.1. The zero-order valence-electron chi connectivity index (χ0n) is 13.2. The lowest BCUT2D eigenvalue weighted by Gasteiger charge is -2.05. The number of nitrogens with one attached hydrogen (secondary N) is 1. The van der Waals surface area contributed by atoms with E-state index in [1.165, 1.54) is 0 Å². The molecule has 6 heteroatoms. The van der Waals surface area contributed by atoms with Crippen molar-refractivity contribution in [3.63, 3.8) is 0 Å². The number of benzene rings is 1. The Bertz CT molecular complexity index is 898. The monoisotopic (exact) mass is 323 g/mol. The van der Waals surface area contributed by atoms with E-state index in [1.807, 2.05) is 35.9 Å². The third-order valence-corrected chi connectivity index (χ3v) is 3.60. The van der Waals surface area contributed by atoms with Crippen molar-refractivity contribution in [2.75, 3.05) is 5.32 Å². The fourth-order valence-corrected chi connectivity index (χ4v) is 2.47. The van der Waals surface area contributed by atoms with Gasteiger partial charge in [-0.15, -0.1) is 0 Å². The number of carbonyl (C=O) groups is 2. The fraction of sp³-hybridized carbons (Fsp3) is 0.167. The van der Waals surface area contributed by atoms with Crippen LogP contribution < -0.4 is 5.32 Å². The average molecular weight is 323 g/mol. The van der Waals surface area contributed by atoms with E-state index in [9.17, 15) is 9.59 Å². The van der Waals surface area contributed by atoms with Gasteiger partial charge in [0.1, 0.15) is 5.65 Å². The molecule has 3 aromatic rings. The van der Waals surface area contributed by atoms with Gasteiger partial charge in [0.2, 0.25) is 5.91 Å². The summed E-state index contributed by atoms with van der Waals surface area (Å²) in [6.07, 6.45) is 3.90. The zero-order valence-corrected chi connectivity index (χ0v) is 13.2. The molecule has 0 aliphatic rings. The van der Waals surface area contributed by atoms with Crippen molar-refractivity contribution in [3.05, 3.63) is 65.6 Å². The first-order valence-electron chi connectivity index (χ1n) is 7.54. The molecule has 0 aliphatic carbocycles. The van der Waals surface area contributed by atoms with Crippen molar-refractivity contribution in [3.8, 4) is 0 Å². The lowest BCUT2D eigenvalue weighted by Crippen LogP contribution is -2.14. The number of anilines is 1. The van der Waals surface area contributed by atoms with E-state index in [4.69, 9.17) is 5.11 Å². The predicted molar refractivity (Wildman–Crippen MR) is 90.0 cm³/mol. The van der Waals surface area contributed by atoms with Gasteiger partial charge in [0.05, 0.1) is 18.5 Å². The molecule has 0 aliphatic heterocycles. The van der Waals surface area contributed by atoms with Gasteiger partial charge in [-0.2, -0.15) is 0 Å². The van der Waals surface area contributed by atoms with E-state index in [0.717, 1.165) is 11.2 Å². The van der Waals surface area contributed by atoms with Crippen LogP contribution in [0, 0.1) is 6.92 Å². The average Bonchev–Trinajstić information content (AvgIpc) is 2.89. The van der Waals surface area contributed by atoms with Crippen LogP contribution in [0.2, 0.25) is 0 Å². The minimum absolute atomic E-state index is 0.0328. The first-order chi connectivity index (χ1) is 11.5. The second-order valence-electron chi connectivity index (χ2n) is 5.69. The summed E-state index contributed by atoms with van der Waals surface area (Å²) >= 11 is 0. The molecule has 0 unspecified atom stereocenters. The molecule has 1 amide bonds. The highest BCUT2D eigenvalue weighted by Crippen LogP contribution is 2.12. The molecule has 2 aromatic heterocycles. The summed E-state index contributed by atoms with van der Waals surface area (Å²) in [6.45, 7) is 2.00. The number of aromatic nitrogens is 2. The molecule has 2 N–H and O–H groups in total. The maximum Gasteiger partial charge on any atom is 0.307 e. The minimum atomic E-state index is -0.881. The van der Waals surface area contributed by atoms with Gasteiger partial charge in [-0.25, -0.2) is 4.98 Å². The molecule has 2 heterocycles. The number of rotatable bonds is 5. The lowest BCUT2D eigenvalue weighted by atomic mass is 10.1. The number of fused-ring (bicyclic) bond motifs is 1. The van der Waals surface area contributed by atoms with Crippen LogP contribution in [-0.2, 0) is 22.4 Å². The molecule has 3 rings (SSSR count). The molecule has 6 nitrogen and oxygen atoms in total. The number of carboxylic acids is 1. The van der Waals surface area contributed by atoms with Crippen LogP contribution in [-0.4, -0.2) is 26.4 Å². The van der Waals surface area contributed by atoms with Crippen molar-refractivity contribution in [1.82, 2.24) is 9.38 Å². The largest absolute Gasteiger partial charge is 0.481 e. The summed E-state index contributed by atoms with van der Waals surface area (Å²) in [4.78, 5) is 27.2. The number of aryl methyl sites for hydroxylation is 1. The van der Waals surface area contributed by atoms with E-state index < -0.39 is 5.97 Å². The Kier molecular flexibility index (Phi) is 4.29. The lowest BCUT2D eigenvalue weighted by molar-refractivity contribution is -0.136. The summed E-state index contributed by atoms with van der Waals surface area (Å²) in [5, 5.41) is 11.5. The molecule has 122 valence electrons. The van der Waals surface area contributed by atoms with E-state index >= 15 is 0 Å². The number of carboxylic acid groups (broad SMARTS) is 1. The quantitative estimate of drug-likeness (QED) is 0.755. The third kappa shape index (κ3) is 3.78. The topological polar surface area (TPSA) is 83.7 Å². The second-order valence-corrected chi connectivity index (χ2v) is 5.69. The van der Waals surface area contributed by atoms with Crippen LogP contribution in [0.3, 0.4) is 0 Å². The van der Waals surface area contributed by atoms with Crippen LogP contribution in [0.4, 0.5) is 5.69 Å². The number of pyridine rings is 1. The number of carbonyl (C=O) groups excluding carboxylic acids is 1. The van der Waals surface area contributed by atoms with Gasteiger partial charge >= 0.3 is 5.97 Å². The molecular formula is C18H17N3O3. The van der Waals surface area contributed by atoms with Crippen molar-refractivity contribution in [2.45, 2.75) is 19.8 Å². The second kappa shape index (κ2) is 6.54. The van der Waals surface area contributed by atoms with Gasteiger partial charge in [0.25, 0.3) is 0 Å². The normalized spacial score (nSPS) is 10.7. The van der Waals surface area contributed by atoms with Crippen molar-refractivity contribution in [2.24, 2.45) is 0 Å². The highest BCUT2D eigenvalue weighted by molar-refractivity contribution is 5.92. The van der Waals surface area contributed by atoms with Crippen LogP contribution in [0.5, 0.6) is 0 Å². The SMILES string of the molecule is Cc1ccn2cc(CC(=O)Nc3ccc(CC(=O)O)cc3)nc2c1. The van der Waals surface area contributed by atoms with E-state index in [2.05, 4.69) is 10.3 Å². The minimum Gasteiger partial charge on any atom is -0.481 e. The Morgan fingerprint density at radius 1 is 1.17 bits per heavy atom. The van der Waals surface area contributed by atoms with Gasteiger partial charge in [-0.1, -0.05) is 12.1 Å². The first-order valence-corrected chi connectivity index (χ1v) is 7.54. The number of aliphatic carboxylic acids is 1. The smallest absolute Gasteiger partial charge is 0.307 e. The van der Waals surface area contributed by atoms with Gasteiger partial charge in [-0.05, 0) is 42.3 Å². The van der Waals surface area contributed by atoms with Crippen molar-refractivity contribution >= 4 is 23.2 Å². The summed E-state index contributed by atoms with van der Waals surface area (Å²) in [6, 6.07) is 10.7. The number of nitrogens with zero attached hydrogens (tertiary/aromatic N) is 2. The molecule has 1 aromatic carbocycles. The highest BCUT2D eigenvalue weighted by atomic mass is 16.4. The Morgan fingerprint density at radius 2 is 1.92 bits per heavy atom. The molecule has 0 fully saturated rings. The molecular weight excluding hydrogens is 306 g/mol. The Hall–Kier alpha value is -3.15. The van der Waals surface area contributed by atoms with E-state index in [0.29, 0.717) is 16.9 Å². The Morgan fingerprint density at radius 3 is 2.62 bits per heavy atom. The fourth-order valence-electron chi connectivity index (χ4n) is 2.47. The van der Waals surface area contributed by atoms with Gasteiger partial charge < -0.3 is 14.8 Å². The number of imidazole rings is 1. The predicted octanol–water partition coefficient (Wildman–Crippen LogP) is 2.45. The summed E-state index contributed by atoms with van der Waals surface area (Å²) in [7, 11) is 0. The third-order valence-electron chi connectivity index (χ3n) is 3.60. The van der Waals surface area contributed by atoms with Crippen LogP contribution in [0.15, 0.2) is 48.8 Å². The van der Waals surface area contributed by atoms with Gasteiger partial charge in [0, 0.05) is 18.1 Å². The number of hydrogen-bond donors (Lipinski definition) is 2. The summed E-state index contributed by atoms with van der Waals surface area (Å²) < 4.78 is 1.89. The van der Waals surface area contributed by atoms with Crippen molar-refractivity contribution in [1.29, 1.82) is 0 Å². The van der Waals surface area contributed by atoms with Crippen LogP contribution in [0.1, 0.15) is 16.8 Å². The highest BCUT2D eigenvalue weighted by Gasteiger charge is 2.09. The summed E-state index contributed by atoms with van der Waals surface area (Å²) in [5.74, 6) is -1.05. The Balaban J connectivity index is 1.64. The number of amides is 1. The molecule has 0 saturated carbocycles. The molecule has 0 atom stereocenters. The maximum absolute atomic E-state index is 12.1. The molecule has 0 radical (unpaired) electrons. The van der Waals surface area contributed by atoms with E-state index in [-0.39, 0.29) is 18.7 Å². The standard InChI is InChI=1S/C18H17N3O3/c1-12-6-7-21-11-15(19-16(21)8-12)10-17(22)20-14-4-2-13(3-5-14)9-18(23)24/h2-8,11H,9-10H2,1H3,(H,20,22)(H,23,24). The molecule has 24 heavy (non-hydrogen) atoms. The number of hydrogen-bond acceptors (Lipinski definition) is 3. The van der Waals surface area contributed by atoms with Gasteiger partial charge in [-0.3, -0.25) is 9.59 Å². The molecule has 0 bridgehead atoms. The van der Waals surface area contributed by atoms with Crippen LogP contribution in [0.25, 0.3) is 5.65 Å². The molecule has 0 spiro atoms. The first kappa shape index (κ1) is 15.7. The van der Waals surface area contributed by atoms with Crippen LogP contribution >= 0.6 is 0 Å². The maximum atomic E-state index is 12.1. The van der Waals surface area contributed by atoms with E-state index in [1.54, 1.807) is 24.3 Å². The molecule has 0 saturated heterocycles. The van der Waals surface area contributed by atoms with Gasteiger partial charge in [0.15, 0.2) is 0 Å². The van der Waals surface area contributed by atoms with Crippen molar-refractivity contribution < 1.29 is 14.7 Å². The Labute approximate surface area is 138 Å². The summed E-state index contributed by atoms with van der Waals surface area (Å²) in [5.41, 5.74) is 3.95.